The van der Waals surface area contributed by atoms with Crippen LogP contribution in [0.5, 0.6) is 5.75 Å². The lowest BCUT2D eigenvalue weighted by Crippen LogP contribution is -2.27. The molecule has 0 aliphatic rings. The number of unbranched alkanes of at least 4 members (excludes halogenated alkanes) is 1. The number of para-hydroxylation sites is 2. The fourth-order valence-electron chi connectivity index (χ4n) is 5.25. The number of ether oxygens (including phenoxy) is 2. The van der Waals surface area contributed by atoms with Gasteiger partial charge in [0.25, 0.3) is 0 Å². The van der Waals surface area contributed by atoms with Gasteiger partial charge in [0.05, 0.1) is 29.0 Å². The van der Waals surface area contributed by atoms with Gasteiger partial charge in [-0.15, -0.1) is 0 Å². The number of carbonyl (C=O) groups is 2. The van der Waals surface area contributed by atoms with E-state index in [1.54, 1.807) is 19.1 Å². The zero-order valence-electron chi connectivity index (χ0n) is 25.1. The number of benzene rings is 3. The maximum Gasteiger partial charge on any atom is 0.361 e. The van der Waals surface area contributed by atoms with E-state index in [-0.39, 0.29) is 19.8 Å². The standard InChI is InChI=1S/C36H33N3O6/c1-3-4-19-42-35(40)34(36(41)45-44-22-27-16-14-25-10-6-8-12-31(25)39-27)33-23(2)37-32-18-17-28(20-29(32)33)43-21-26-15-13-24-9-5-7-11-30(24)38-26/h5-18,20,34,37H,3-4,19,21-22H2,1-2H3. The van der Waals surface area contributed by atoms with Crippen molar-refractivity contribution in [1.29, 1.82) is 0 Å². The lowest BCUT2D eigenvalue weighted by molar-refractivity contribution is -0.281. The summed E-state index contributed by atoms with van der Waals surface area (Å²) in [7, 11) is 0. The number of H-pyrrole nitrogens is 1. The van der Waals surface area contributed by atoms with Gasteiger partial charge in [-0.05, 0) is 55.8 Å². The largest absolute Gasteiger partial charge is 0.487 e. The summed E-state index contributed by atoms with van der Waals surface area (Å²) in [5, 5.41) is 2.68. The van der Waals surface area contributed by atoms with E-state index in [0.29, 0.717) is 34.5 Å². The highest BCUT2D eigenvalue weighted by Gasteiger charge is 2.36. The zero-order chi connectivity index (χ0) is 31.2. The van der Waals surface area contributed by atoms with Crippen LogP contribution in [0.2, 0.25) is 0 Å². The van der Waals surface area contributed by atoms with Gasteiger partial charge in [-0.1, -0.05) is 61.9 Å². The Bertz CT molecular complexity index is 1990. The molecule has 6 aromatic rings. The minimum atomic E-state index is -1.38. The molecule has 1 atom stereocenters. The molecule has 9 heteroatoms. The highest BCUT2D eigenvalue weighted by Crippen LogP contribution is 2.34. The summed E-state index contributed by atoms with van der Waals surface area (Å²) >= 11 is 0. The Balaban J connectivity index is 1.22. The molecule has 0 radical (unpaired) electrons. The van der Waals surface area contributed by atoms with E-state index in [1.807, 2.05) is 85.8 Å². The Morgan fingerprint density at radius 2 is 1.47 bits per heavy atom. The van der Waals surface area contributed by atoms with Crippen LogP contribution in [0.3, 0.4) is 0 Å². The predicted molar refractivity (Wildman–Crippen MR) is 170 cm³/mol. The van der Waals surface area contributed by atoms with Crippen LogP contribution in [0.15, 0.2) is 91.0 Å². The molecule has 0 saturated heterocycles. The van der Waals surface area contributed by atoms with Gasteiger partial charge in [-0.3, -0.25) is 14.7 Å². The number of carbonyl (C=O) groups excluding carboxylic acids is 2. The smallest absolute Gasteiger partial charge is 0.361 e. The molecule has 0 spiro atoms. The monoisotopic (exact) mass is 603 g/mol. The third-order valence-corrected chi connectivity index (χ3v) is 7.56. The molecule has 1 N–H and O–H groups in total. The number of aryl methyl sites for hydroxylation is 1. The van der Waals surface area contributed by atoms with Crippen LogP contribution in [-0.4, -0.2) is 33.5 Å². The summed E-state index contributed by atoms with van der Waals surface area (Å²) in [5.41, 5.74) is 4.85. The maximum atomic E-state index is 13.5. The van der Waals surface area contributed by atoms with Crippen LogP contribution in [0, 0.1) is 6.92 Å². The molecule has 9 nitrogen and oxygen atoms in total. The second-order valence-corrected chi connectivity index (χ2v) is 10.8. The topological polar surface area (TPSA) is 113 Å². The average molecular weight is 604 g/mol. The van der Waals surface area contributed by atoms with Crippen LogP contribution in [0.25, 0.3) is 32.7 Å². The van der Waals surface area contributed by atoms with Crippen molar-refractivity contribution in [2.45, 2.75) is 45.8 Å². The first-order valence-corrected chi connectivity index (χ1v) is 14.9. The van der Waals surface area contributed by atoms with E-state index in [4.69, 9.17) is 19.2 Å². The normalized spacial score (nSPS) is 12.0. The van der Waals surface area contributed by atoms with E-state index in [1.165, 1.54) is 0 Å². The predicted octanol–water partition coefficient (Wildman–Crippen LogP) is 7.25. The van der Waals surface area contributed by atoms with Gasteiger partial charge in [0.2, 0.25) is 0 Å². The highest BCUT2D eigenvalue weighted by molar-refractivity contribution is 6.05. The van der Waals surface area contributed by atoms with Gasteiger partial charge < -0.3 is 14.5 Å². The molecule has 1 unspecified atom stereocenters. The molecule has 0 aliphatic heterocycles. The Kier molecular flexibility index (Phi) is 8.98. The fourth-order valence-corrected chi connectivity index (χ4v) is 5.25. The number of rotatable bonds is 12. The second-order valence-electron chi connectivity index (χ2n) is 10.8. The molecule has 0 fully saturated rings. The minimum absolute atomic E-state index is 0.0815. The zero-order valence-corrected chi connectivity index (χ0v) is 25.1. The molecule has 0 aliphatic carbocycles. The lowest BCUT2D eigenvalue weighted by Gasteiger charge is -2.16. The first-order chi connectivity index (χ1) is 22.0. The number of nitrogens with zero attached hydrogens (tertiary/aromatic N) is 2. The Morgan fingerprint density at radius 1 is 0.800 bits per heavy atom. The summed E-state index contributed by atoms with van der Waals surface area (Å²) in [6, 6.07) is 28.7. The van der Waals surface area contributed by atoms with Crippen LogP contribution in [0.1, 0.15) is 48.3 Å². The second kappa shape index (κ2) is 13.6. The molecule has 228 valence electrons. The SMILES string of the molecule is CCCCOC(=O)C(C(=O)OOCc1ccc2ccccc2n1)c1c(C)[nH]c2ccc(OCc3ccc4ccccc4n3)cc12. The fraction of sp³-hybridized carbons (Fsp3) is 0.222. The summed E-state index contributed by atoms with van der Waals surface area (Å²) in [4.78, 5) is 49.9. The molecule has 3 aromatic carbocycles. The summed E-state index contributed by atoms with van der Waals surface area (Å²) in [6.07, 6.45) is 1.51. The van der Waals surface area contributed by atoms with Crippen molar-refractivity contribution in [2.75, 3.05) is 6.61 Å². The first-order valence-electron chi connectivity index (χ1n) is 14.9. The van der Waals surface area contributed by atoms with Crippen LogP contribution < -0.4 is 4.74 Å². The molecule has 0 bridgehead atoms. The molecule has 0 saturated carbocycles. The number of nitrogens with one attached hydrogen (secondary N) is 1. The molecular weight excluding hydrogens is 570 g/mol. The molecule has 45 heavy (non-hydrogen) atoms. The van der Waals surface area contributed by atoms with E-state index >= 15 is 0 Å². The number of aromatic amines is 1. The van der Waals surface area contributed by atoms with Crippen molar-refractivity contribution in [1.82, 2.24) is 15.0 Å². The Labute approximate surface area is 260 Å². The van der Waals surface area contributed by atoms with Crippen molar-refractivity contribution in [3.05, 3.63) is 114 Å². The van der Waals surface area contributed by atoms with Crippen LogP contribution in [-0.2, 0) is 37.3 Å². The van der Waals surface area contributed by atoms with Gasteiger partial charge in [0, 0.05) is 32.9 Å². The number of fused-ring (bicyclic) bond motifs is 3. The third-order valence-electron chi connectivity index (χ3n) is 7.56. The average Bonchev–Trinajstić information content (AvgIpc) is 3.38. The van der Waals surface area contributed by atoms with E-state index < -0.39 is 17.9 Å². The van der Waals surface area contributed by atoms with Crippen molar-refractivity contribution in [3.63, 3.8) is 0 Å². The van der Waals surface area contributed by atoms with Crippen molar-refractivity contribution < 1.29 is 28.8 Å². The molecule has 6 rings (SSSR count). The van der Waals surface area contributed by atoms with E-state index in [9.17, 15) is 9.59 Å². The Morgan fingerprint density at radius 3 is 2.16 bits per heavy atom. The summed E-state index contributed by atoms with van der Waals surface area (Å²) < 4.78 is 11.6. The summed E-state index contributed by atoms with van der Waals surface area (Å²) in [6.45, 7) is 4.15. The van der Waals surface area contributed by atoms with Crippen LogP contribution in [0.4, 0.5) is 0 Å². The first kappa shape index (κ1) is 29.8. The molecule has 0 amide bonds. The van der Waals surface area contributed by atoms with Gasteiger partial charge in [-0.2, -0.15) is 4.89 Å². The van der Waals surface area contributed by atoms with Crippen LogP contribution >= 0.6 is 0 Å². The number of pyridine rings is 2. The summed E-state index contributed by atoms with van der Waals surface area (Å²) in [5.74, 6) is -2.41. The van der Waals surface area contributed by atoms with Crippen molar-refractivity contribution in [2.24, 2.45) is 0 Å². The number of hydrogen-bond acceptors (Lipinski definition) is 8. The Hall–Kier alpha value is -5.28. The van der Waals surface area contributed by atoms with Crippen molar-refractivity contribution >= 4 is 44.6 Å². The van der Waals surface area contributed by atoms with Gasteiger partial charge >= 0.3 is 11.9 Å². The third kappa shape index (κ3) is 6.78. The maximum absolute atomic E-state index is 13.5. The number of hydrogen-bond donors (Lipinski definition) is 1. The molecule has 3 aromatic heterocycles. The molecular formula is C36H33N3O6. The lowest BCUT2D eigenvalue weighted by atomic mass is 9.96. The quantitative estimate of drug-likeness (QED) is 0.0512. The van der Waals surface area contributed by atoms with E-state index in [2.05, 4.69) is 15.0 Å². The van der Waals surface area contributed by atoms with E-state index in [0.717, 1.165) is 39.4 Å². The molecule has 3 heterocycles. The van der Waals surface area contributed by atoms with Gasteiger partial charge in [0.1, 0.15) is 19.0 Å². The van der Waals surface area contributed by atoms with Crippen molar-refractivity contribution in [3.8, 4) is 5.75 Å². The van der Waals surface area contributed by atoms with Gasteiger partial charge in [0.15, 0.2) is 5.92 Å². The minimum Gasteiger partial charge on any atom is -0.487 e. The highest BCUT2D eigenvalue weighted by atomic mass is 17.2. The number of esters is 1. The van der Waals surface area contributed by atoms with Gasteiger partial charge in [-0.25, -0.2) is 9.78 Å². The number of aromatic nitrogens is 3.